The van der Waals surface area contributed by atoms with Crippen LogP contribution in [0.2, 0.25) is 0 Å². The molecule has 106 valence electrons. The number of anilines is 1. The lowest BCUT2D eigenvalue weighted by atomic mass is 10.2. The standard InChI is InChI=1S/C14H17BrN4O/c1-19(2)8-7-17-10-11(9-16)14(20)18-13-5-3-12(15)4-6-13/h3-6,10,17H,7-8H2,1-2H3,(H,18,20)/b11-10-. The van der Waals surface area contributed by atoms with E-state index in [1.807, 2.05) is 37.2 Å². The van der Waals surface area contributed by atoms with Crippen molar-refractivity contribution in [1.29, 1.82) is 5.26 Å². The molecule has 20 heavy (non-hydrogen) atoms. The van der Waals surface area contributed by atoms with Crippen molar-refractivity contribution in [2.45, 2.75) is 0 Å². The summed E-state index contributed by atoms with van der Waals surface area (Å²) in [5.74, 6) is -0.424. The molecule has 0 aliphatic heterocycles. The van der Waals surface area contributed by atoms with Crippen LogP contribution >= 0.6 is 15.9 Å². The molecular weight excluding hydrogens is 320 g/mol. The van der Waals surface area contributed by atoms with Crippen LogP contribution in [0.15, 0.2) is 40.5 Å². The van der Waals surface area contributed by atoms with Gasteiger partial charge in [0.25, 0.3) is 5.91 Å². The van der Waals surface area contributed by atoms with Crippen molar-refractivity contribution in [2.24, 2.45) is 0 Å². The molecule has 1 amide bonds. The van der Waals surface area contributed by atoms with Crippen LogP contribution in [0.5, 0.6) is 0 Å². The fourth-order valence-corrected chi connectivity index (χ4v) is 1.61. The van der Waals surface area contributed by atoms with E-state index in [0.717, 1.165) is 11.0 Å². The third-order valence-corrected chi connectivity index (χ3v) is 2.95. The van der Waals surface area contributed by atoms with E-state index in [-0.39, 0.29) is 5.57 Å². The lowest BCUT2D eigenvalue weighted by Gasteiger charge is -2.09. The number of carbonyl (C=O) groups excluding carboxylic acids is 1. The van der Waals surface area contributed by atoms with Crippen LogP contribution in [0.4, 0.5) is 5.69 Å². The van der Waals surface area contributed by atoms with Gasteiger partial charge in [0.15, 0.2) is 0 Å². The number of amides is 1. The van der Waals surface area contributed by atoms with Gasteiger partial charge in [0.05, 0.1) is 0 Å². The average Bonchev–Trinajstić information content (AvgIpc) is 2.41. The Kier molecular flexibility index (Phi) is 6.77. The predicted octanol–water partition coefficient (Wildman–Crippen LogP) is 1.95. The fourth-order valence-electron chi connectivity index (χ4n) is 1.34. The number of likely N-dealkylation sites (N-methyl/N-ethyl adjacent to an activating group) is 1. The third kappa shape index (κ3) is 5.87. The zero-order valence-electron chi connectivity index (χ0n) is 11.5. The van der Waals surface area contributed by atoms with Gasteiger partial charge in [-0.25, -0.2) is 0 Å². The second-order valence-corrected chi connectivity index (χ2v) is 5.30. The van der Waals surface area contributed by atoms with Crippen LogP contribution in [-0.2, 0) is 4.79 Å². The van der Waals surface area contributed by atoms with Gasteiger partial charge in [0.1, 0.15) is 11.6 Å². The molecular formula is C14H17BrN4O. The molecule has 1 aromatic rings. The quantitative estimate of drug-likeness (QED) is 0.473. The predicted molar refractivity (Wildman–Crippen MR) is 83.0 cm³/mol. The first-order valence-electron chi connectivity index (χ1n) is 6.08. The molecule has 0 saturated carbocycles. The van der Waals surface area contributed by atoms with E-state index >= 15 is 0 Å². The van der Waals surface area contributed by atoms with Gasteiger partial charge in [0.2, 0.25) is 0 Å². The Balaban J connectivity index is 2.56. The summed E-state index contributed by atoms with van der Waals surface area (Å²) in [6, 6.07) is 9.05. The Labute approximate surface area is 127 Å². The average molecular weight is 337 g/mol. The molecule has 0 fully saturated rings. The van der Waals surface area contributed by atoms with Crippen molar-refractivity contribution >= 4 is 27.5 Å². The number of rotatable bonds is 6. The molecule has 0 bridgehead atoms. The van der Waals surface area contributed by atoms with Crippen molar-refractivity contribution in [2.75, 3.05) is 32.5 Å². The van der Waals surface area contributed by atoms with Gasteiger partial charge in [-0.1, -0.05) is 15.9 Å². The number of hydrogen-bond donors (Lipinski definition) is 2. The zero-order valence-corrected chi connectivity index (χ0v) is 13.1. The minimum absolute atomic E-state index is 0.0478. The first kappa shape index (κ1) is 16.2. The summed E-state index contributed by atoms with van der Waals surface area (Å²) >= 11 is 3.32. The Hall–Kier alpha value is -1.84. The molecule has 1 aromatic carbocycles. The number of halogens is 1. The molecule has 0 spiro atoms. The molecule has 5 nitrogen and oxygen atoms in total. The molecule has 2 N–H and O–H groups in total. The van der Waals surface area contributed by atoms with Crippen molar-refractivity contribution in [3.05, 3.63) is 40.5 Å². The number of nitrogens with one attached hydrogen (secondary N) is 2. The summed E-state index contributed by atoms with van der Waals surface area (Å²) in [5, 5.41) is 14.6. The Morgan fingerprint density at radius 3 is 2.60 bits per heavy atom. The molecule has 0 aromatic heterocycles. The summed E-state index contributed by atoms with van der Waals surface area (Å²) in [6.45, 7) is 1.49. The minimum Gasteiger partial charge on any atom is -0.388 e. The van der Waals surface area contributed by atoms with E-state index in [1.54, 1.807) is 12.1 Å². The van der Waals surface area contributed by atoms with Gasteiger partial charge in [-0.2, -0.15) is 5.26 Å². The fraction of sp³-hybridized carbons (Fsp3) is 0.286. The molecule has 0 aliphatic rings. The van der Waals surface area contributed by atoms with E-state index in [4.69, 9.17) is 5.26 Å². The second kappa shape index (κ2) is 8.35. The van der Waals surface area contributed by atoms with Crippen LogP contribution in [0, 0.1) is 11.3 Å². The van der Waals surface area contributed by atoms with Crippen molar-refractivity contribution < 1.29 is 4.79 Å². The maximum atomic E-state index is 11.9. The summed E-state index contributed by atoms with van der Waals surface area (Å²) in [7, 11) is 3.91. The smallest absolute Gasteiger partial charge is 0.267 e. The van der Waals surface area contributed by atoms with Crippen LogP contribution in [0.1, 0.15) is 0 Å². The van der Waals surface area contributed by atoms with Crippen LogP contribution in [0.3, 0.4) is 0 Å². The lowest BCUT2D eigenvalue weighted by Crippen LogP contribution is -2.24. The lowest BCUT2D eigenvalue weighted by molar-refractivity contribution is -0.112. The van der Waals surface area contributed by atoms with Crippen molar-refractivity contribution in [3.8, 4) is 6.07 Å². The number of nitriles is 1. The van der Waals surface area contributed by atoms with Crippen LogP contribution in [-0.4, -0.2) is 38.0 Å². The Morgan fingerprint density at radius 1 is 1.40 bits per heavy atom. The second-order valence-electron chi connectivity index (χ2n) is 4.39. The molecule has 0 aliphatic carbocycles. The highest BCUT2D eigenvalue weighted by molar-refractivity contribution is 9.10. The zero-order chi connectivity index (χ0) is 15.0. The van der Waals surface area contributed by atoms with E-state index in [0.29, 0.717) is 12.2 Å². The van der Waals surface area contributed by atoms with E-state index in [9.17, 15) is 4.79 Å². The molecule has 1 rings (SSSR count). The topological polar surface area (TPSA) is 68.2 Å². The monoisotopic (exact) mass is 336 g/mol. The van der Waals surface area contributed by atoms with Crippen molar-refractivity contribution in [1.82, 2.24) is 10.2 Å². The highest BCUT2D eigenvalue weighted by atomic mass is 79.9. The first-order valence-corrected chi connectivity index (χ1v) is 6.87. The molecule has 0 radical (unpaired) electrons. The summed E-state index contributed by atoms with van der Waals surface area (Å²) in [6.07, 6.45) is 1.44. The van der Waals surface area contributed by atoms with Gasteiger partial charge >= 0.3 is 0 Å². The molecule has 0 saturated heterocycles. The minimum atomic E-state index is -0.424. The van der Waals surface area contributed by atoms with Gasteiger partial charge < -0.3 is 15.5 Å². The maximum Gasteiger partial charge on any atom is 0.267 e. The number of hydrogen-bond acceptors (Lipinski definition) is 4. The molecule has 0 unspecified atom stereocenters. The summed E-state index contributed by atoms with van der Waals surface area (Å²) < 4.78 is 0.928. The summed E-state index contributed by atoms with van der Waals surface area (Å²) in [4.78, 5) is 13.9. The third-order valence-electron chi connectivity index (χ3n) is 2.42. The van der Waals surface area contributed by atoms with E-state index in [2.05, 4.69) is 26.6 Å². The van der Waals surface area contributed by atoms with Gasteiger partial charge in [0, 0.05) is 29.4 Å². The number of nitrogens with zero attached hydrogens (tertiary/aromatic N) is 2. The van der Waals surface area contributed by atoms with E-state index < -0.39 is 5.91 Å². The van der Waals surface area contributed by atoms with Gasteiger partial charge in [-0.3, -0.25) is 4.79 Å². The molecule has 0 heterocycles. The van der Waals surface area contributed by atoms with Crippen LogP contribution < -0.4 is 10.6 Å². The normalized spacial score (nSPS) is 11.1. The maximum absolute atomic E-state index is 11.9. The first-order chi connectivity index (χ1) is 9.52. The number of benzene rings is 1. The van der Waals surface area contributed by atoms with Crippen molar-refractivity contribution in [3.63, 3.8) is 0 Å². The summed E-state index contributed by atoms with van der Waals surface area (Å²) in [5.41, 5.74) is 0.694. The van der Waals surface area contributed by atoms with Gasteiger partial charge in [-0.05, 0) is 38.4 Å². The largest absolute Gasteiger partial charge is 0.388 e. The SMILES string of the molecule is CN(C)CCN/C=C(/C#N)C(=O)Nc1ccc(Br)cc1. The Morgan fingerprint density at radius 2 is 2.05 bits per heavy atom. The van der Waals surface area contributed by atoms with E-state index in [1.165, 1.54) is 6.20 Å². The Bertz CT molecular complexity index is 517. The van der Waals surface area contributed by atoms with Gasteiger partial charge in [-0.15, -0.1) is 0 Å². The molecule has 6 heteroatoms. The van der Waals surface area contributed by atoms with Crippen LogP contribution in [0.25, 0.3) is 0 Å². The molecule has 0 atom stereocenters. The highest BCUT2D eigenvalue weighted by Gasteiger charge is 2.08. The number of carbonyl (C=O) groups is 1. The highest BCUT2D eigenvalue weighted by Crippen LogP contribution is 2.14.